The van der Waals surface area contributed by atoms with E-state index in [0.29, 0.717) is 5.41 Å². The van der Waals surface area contributed by atoms with Gasteiger partial charge in [-0.2, -0.15) is 0 Å². The van der Waals surface area contributed by atoms with E-state index in [0.717, 1.165) is 12.0 Å². The van der Waals surface area contributed by atoms with Crippen molar-refractivity contribution in [1.82, 2.24) is 4.90 Å². The van der Waals surface area contributed by atoms with E-state index in [4.69, 9.17) is 0 Å². The van der Waals surface area contributed by atoms with Gasteiger partial charge in [-0.05, 0) is 43.6 Å². The van der Waals surface area contributed by atoms with Gasteiger partial charge in [-0.15, -0.1) is 0 Å². The predicted octanol–water partition coefficient (Wildman–Crippen LogP) is 2.91. The fraction of sp³-hybridized carbons (Fsp3) is 1.00. The maximum atomic E-state index is 2.74. The SMILES string of the molecule is CCC1(C)CCN(C2CC(C)C2)C1. The van der Waals surface area contributed by atoms with Crippen LogP contribution in [0.25, 0.3) is 0 Å². The molecule has 1 heterocycles. The quantitative estimate of drug-likeness (QED) is 0.633. The lowest BCUT2D eigenvalue weighted by atomic mass is 9.80. The summed E-state index contributed by atoms with van der Waals surface area (Å²) in [6, 6.07) is 0.948. The molecule has 1 aliphatic heterocycles. The Morgan fingerprint density at radius 2 is 2.08 bits per heavy atom. The smallest absolute Gasteiger partial charge is 0.0101 e. The predicted molar refractivity (Wildman–Crippen MR) is 56.8 cm³/mol. The van der Waals surface area contributed by atoms with Crippen LogP contribution in [0.5, 0.6) is 0 Å². The molecule has 0 aromatic heterocycles. The lowest BCUT2D eigenvalue weighted by Gasteiger charge is -2.40. The minimum Gasteiger partial charge on any atom is -0.300 e. The van der Waals surface area contributed by atoms with Crippen molar-refractivity contribution in [3.63, 3.8) is 0 Å². The van der Waals surface area contributed by atoms with Crippen molar-refractivity contribution < 1.29 is 0 Å². The van der Waals surface area contributed by atoms with Crippen LogP contribution in [0.15, 0.2) is 0 Å². The van der Waals surface area contributed by atoms with Gasteiger partial charge in [0.15, 0.2) is 0 Å². The number of likely N-dealkylation sites (tertiary alicyclic amines) is 1. The maximum absolute atomic E-state index is 2.74. The maximum Gasteiger partial charge on any atom is 0.0101 e. The van der Waals surface area contributed by atoms with Crippen LogP contribution >= 0.6 is 0 Å². The molecule has 0 amide bonds. The highest BCUT2D eigenvalue weighted by Gasteiger charge is 2.39. The van der Waals surface area contributed by atoms with Gasteiger partial charge in [0.1, 0.15) is 0 Å². The van der Waals surface area contributed by atoms with Crippen LogP contribution in [0.3, 0.4) is 0 Å². The summed E-state index contributed by atoms with van der Waals surface area (Å²) in [4.78, 5) is 2.74. The Hall–Kier alpha value is -0.0400. The molecule has 0 aromatic carbocycles. The van der Waals surface area contributed by atoms with Gasteiger partial charge < -0.3 is 0 Å². The summed E-state index contributed by atoms with van der Waals surface area (Å²) in [5, 5.41) is 0. The molecule has 1 heteroatoms. The molecule has 2 fully saturated rings. The lowest BCUT2D eigenvalue weighted by Crippen LogP contribution is -2.43. The zero-order valence-corrected chi connectivity index (χ0v) is 9.34. The molecule has 1 aliphatic carbocycles. The highest BCUT2D eigenvalue weighted by atomic mass is 15.2. The van der Waals surface area contributed by atoms with Crippen LogP contribution in [0.2, 0.25) is 0 Å². The Morgan fingerprint density at radius 1 is 1.38 bits per heavy atom. The zero-order chi connectivity index (χ0) is 9.47. The second kappa shape index (κ2) is 3.27. The third kappa shape index (κ3) is 1.76. The topological polar surface area (TPSA) is 3.24 Å². The first-order chi connectivity index (χ1) is 6.13. The van der Waals surface area contributed by atoms with Gasteiger partial charge in [-0.25, -0.2) is 0 Å². The molecule has 0 N–H and O–H groups in total. The Bertz CT molecular complexity index is 184. The van der Waals surface area contributed by atoms with Gasteiger partial charge in [0.25, 0.3) is 0 Å². The first-order valence-corrected chi connectivity index (χ1v) is 5.87. The summed E-state index contributed by atoms with van der Waals surface area (Å²) in [5.74, 6) is 0.999. The van der Waals surface area contributed by atoms with E-state index < -0.39 is 0 Å². The normalized spacial score (nSPS) is 46.4. The van der Waals surface area contributed by atoms with Gasteiger partial charge in [0, 0.05) is 12.6 Å². The van der Waals surface area contributed by atoms with Crippen molar-refractivity contribution in [2.45, 2.75) is 52.5 Å². The fourth-order valence-corrected chi connectivity index (χ4v) is 2.82. The van der Waals surface area contributed by atoms with Crippen molar-refractivity contribution >= 4 is 0 Å². The molecule has 1 atom stereocenters. The second-order valence-electron chi connectivity index (χ2n) is 5.62. The lowest BCUT2D eigenvalue weighted by molar-refractivity contribution is 0.0974. The fourth-order valence-electron chi connectivity index (χ4n) is 2.82. The van der Waals surface area contributed by atoms with E-state index in [9.17, 15) is 0 Å². The van der Waals surface area contributed by atoms with Gasteiger partial charge in [-0.1, -0.05) is 20.8 Å². The monoisotopic (exact) mass is 181 g/mol. The summed E-state index contributed by atoms with van der Waals surface area (Å²) in [7, 11) is 0. The molecule has 1 nitrogen and oxygen atoms in total. The number of rotatable bonds is 2. The molecular formula is C12H23N. The van der Waals surface area contributed by atoms with Crippen LogP contribution in [0.1, 0.15) is 46.5 Å². The van der Waals surface area contributed by atoms with Crippen LogP contribution in [-0.4, -0.2) is 24.0 Å². The molecule has 2 rings (SSSR count). The highest BCUT2D eigenvalue weighted by Crippen LogP contribution is 2.39. The van der Waals surface area contributed by atoms with Crippen molar-refractivity contribution in [3.05, 3.63) is 0 Å². The average Bonchev–Trinajstić information content (AvgIpc) is 2.43. The molecule has 1 saturated carbocycles. The Balaban J connectivity index is 1.85. The number of hydrogen-bond acceptors (Lipinski definition) is 1. The zero-order valence-electron chi connectivity index (χ0n) is 9.34. The minimum absolute atomic E-state index is 0.638. The van der Waals surface area contributed by atoms with Crippen molar-refractivity contribution in [2.24, 2.45) is 11.3 Å². The molecule has 2 aliphatic rings. The first kappa shape index (κ1) is 9.51. The molecule has 0 radical (unpaired) electrons. The molecule has 13 heavy (non-hydrogen) atoms. The van der Waals surface area contributed by atoms with E-state index in [-0.39, 0.29) is 0 Å². The third-order valence-electron chi connectivity index (χ3n) is 4.31. The van der Waals surface area contributed by atoms with Crippen LogP contribution in [-0.2, 0) is 0 Å². The van der Waals surface area contributed by atoms with Gasteiger partial charge in [0.2, 0.25) is 0 Å². The van der Waals surface area contributed by atoms with Gasteiger partial charge in [0.05, 0.1) is 0 Å². The number of hydrogen-bond donors (Lipinski definition) is 0. The number of nitrogens with zero attached hydrogens (tertiary/aromatic N) is 1. The molecule has 1 saturated heterocycles. The molecule has 1 unspecified atom stereocenters. The summed E-state index contributed by atoms with van der Waals surface area (Å²) in [6.07, 6.45) is 5.69. The van der Waals surface area contributed by atoms with E-state index in [2.05, 4.69) is 25.7 Å². The van der Waals surface area contributed by atoms with Gasteiger partial charge in [-0.3, -0.25) is 4.90 Å². The summed E-state index contributed by atoms with van der Waals surface area (Å²) in [6.45, 7) is 9.90. The molecular weight excluding hydrogens is 158 g/mol. The van der Waals surface area contributed by atoms with E-state index in [1.165, 1.54) is 38.8 Å². The summed E-state index contributed by atoms with van der Waals surface area (Å²) >= 11 is 0. The summed E-state index contributed by atoms with van der Waals surface area (Å²) in [5.41, 5.74) is 0.638. The van der Waals surface area contributed by atoms with Gasteiger partial charge >= 0.3 is 0 Å². The van der Waals surface area contributed by atoms with E-state index in [1.54, 1.807) is 0 Å². The summed E-state index contributed by atoms with van der Waals surface area (Å²) < 4.78 is 0. The Morgan fingerprint density at radius 3 is 2.54 bits per heavy atom. The van der Waals surface area contributed by atoms with Crippen LogP contribution in [0.4, 0.5) is 0 Å². The molecule has 76 valence electrons. The van der Waals surface area contributed by atoms with Crippen molar-refractivity contribution in [2.75, 3.05) is 13.1 Å². The van der Waals surface area contributed by atoms with E-state index in [1.807, 2.05) is 0 Å². The van der Waals surface area contributed by atoms with Crippen molar-refractivity contribution in [1.29, 1.82) is 0 Å². The van der Waals surface area contributed by atoms with Crippen LogP contribution in [0, 0.1) is 11.3 Å². The standard InChI is InChI=1S/C12H23N/c1-4-12(3)5-6-13(9-12)11-7-10(2)8-11/h10-11H,4-9H2,1-3H3. The first-order valence-electron chi connectivity index (χ1n) is 5.87. The van der Waals surface area contributed by atoms with Crippen molar-refractivity contribution in [3.8, 4) is 0 Å². The largest absolute Gasteiger partial charge is 0.300 e. The highest BCUT2D eigenvalue weighted by molar-refractivity contribution is 4.93. The molecule has 0 bridgehead atoms. The molecule has 0 spiro atoms. The Labute approximate surface area is 82.5 Å². The van der Waals surface area contributed by atoms with Crippen LogP contribution < -0.4 is 0 Å². The third-order valence-corrected chi connectivity index (χ3v) is 4.31. The van der Waals surface area contributed by atoms with E-state index >= 15 is 0 Å². The second-order valence-corrected chi connectivity index (χ2v) is 5.62. The Kier molecular flexibility index (Phi) is 2.39. The minimum atomic E-state index is 0.638. The average molecular weight is 181 g/mol. The molecule has 0 aromatic rings.